The van der Waals surface area contributed by atoms with Crippen LogP contribution in [0.15, 0.2) is 24.3 Å². The Hall–Kier alpha value is -1.10. The van der Waals surface area contributed by atoms with Crippen LogP contribution in [0, 0.1) is 12.3 Å². The number of amides is 1. The van der Waals surface area contributed by atoms with E-state index >= 15 is 0 Å². The molecule has 0 unspecified atom stereocenters. The molecule has 0 radical (unpaired) electrons. The quantitative estimate of drug-likeness (QED) is 0.775. The highest BCUT2D eigenvalue weighted by atomic mass is 35.5. The first-order valence-electron chi connectivity index (χ1n) is 9.16. The molecule has 0 aliphatic carbocycles. The summed E-state index contributed by atoms with van der Waals surface area (Å²) in [6.45, 7) is 8.77. The molecule has 1 saturated heterocycles. The van der Waals surface area contributed by atoms with Gasteiger partial charge in [-0.15, -0.1) is 12.4 Å². The lowest BCUT2D eigenvalue weighted by atomic mass is 9.72. The van der Waals surface area contributed by atoms with Gasteiger partial charge in [-0.25, -0.2) is 0 Å². The van der Waals surface area contributed by atoms with Crippen LogP contribution in [-0.2, 0) is 14.9 Å². The minimum absolute atomic E-state index is 0. The van der Waals surface area contributed by atoms with Crippen molar-refractivity contribution in [2.45, 2.75) is 51.9 Å². The van der Waals surface area contributed by atoms with Crippen LogP contribution in [0.4, 0.5) is 0 Å². The second kappa shape index (κ2) is 9.56. The van der Waals surface area contributed by atoms with Crippen molar-refractivity contribution < 1.29 is 9.53 Å². The highest BCUT2D eigenvalue weighted by molar-refractivity contribution is 5.85. The van der Waals surface area contributed by atoms with Crippen LogP contribution >= 0.6 is 12.4 Å². The predicted molar refractivity (Wildman–Crippen MR) is 105 cm³/mol. The molecule has 1 heterocycles. The number of benzene rings is 1. The lowest BCUT2D eigenvalue weighted by molar-refractivity contribution is -0.131. The van der Waals surface area contributed by atoms with Gasteiger partial charge in [0.1, 0.15) is 0 Å². The van der Waals surface area contributed by atoms with Crippen LogP contribution in [0.2, 0.25) is 0 Å². The highest BCUT2D eigenvalue weighted by Gasteiger charge is 2.39. The lowest BCUT2D eigenvalue weighted by Gasteiger charge is -2.40. The van der Waals surface area contributed by atoms with E-state index in [0.717, 1.165) is 38.9 Å². The van der Waals surface area contributed by atoms with E-state index in [1.54, 1.807) is 0 Å². The molecular weight excluding hydrogens is 336 g/mol. The van der Waals surface area contributed by atoms with Gasteiger partial charge in [-0.05, 0) is 43.7 Å². The summed E-state index contributed by atoms with van der Waals surface area (Å²) in [6.07, 6.45) is 3.41. The maximum Gasteiger partial charge on any atom is 0.227 e. The average molecular weight is 369 g/mol. The van der Waals surface area contributed by atoms with Crippen molar-refractivity contribution in [3.05, 3.63) is 35.4 Å². The van der Waals surface area contributed by atoms with E-state index in [1.807, 2.05) is 13.8 Å². The molecule has 3 N–H and O–H groups in total. The van der Waals surface area contributed by atoms with Crippen molar-refractivity contribution >= 4 is 18.3 Å². The van der Waals surface area contributed by atoms with Gasteiger partial charge in [-0.1, -0.05) is 38.1 Å². The number of carbonyl (C=O) groups excluding carboxylic acids is 1. The molecule has 5 heteroatoms. The maximum atomic E-state index is 12.8. The summed E-state index contributed by atoms with van der Waals surface area (Å²) >= 11 is 0. The molecule has 142 valence electrons. The molecule has 1 aromatic carbocycles. The summed E-state index contributed by atoms with van der Waals surface area (Å²) in [5.41, 5.74) is 8.05. The van der Waals surface area contributed by atoms with Crippen molar-refractivity contribution in [3.8, 4) is 0 Å². The first kappa shape index (κ1) is 21.9. The Morgan fingerprint density at radius 2 is 1.84 bits per heavy atom. The molecule has 0 spiro atoms. The van der Waals surface area contributed by atoms with Crippen LogP contribution in [0.1, 0.15) is 50.7 Å². The summed E-state index contributed by atoms with van der Waals surface area (Å²) in [6, 6.07) is 8.50. The number of nitrogens with one attached hydrogen (secondary N) is 1. The second-order valence-corrected chi connectivity index (χ2v) is 7.08. The fraction of sp³-hybridized carbons (Fsp3) is 0.650. The average Bonchev–Trinajstić information content (AvgIpc) is 2.63. The molecule has 2 rings (SSSR count). The Morgan fingerprint density at radius 3 is 2.36 bits per heavy atom. The van der Waals surface area contributed by atoms with Crippen molar-refractivity contribution in [1.29, 1.82) is 0 Å². The molecule has 0 saturated carbocycles. The molecule has 1 fully saturated rings. The Kier molecular flexibility index (Phi) is 8.39. The van der Waals surface area contributed by atoms with Gasteiger partial charge < -0.3 is 15.8 Å². The molecule has 1 aromatic rings. The second-order valence-electron chi connectivity index (χ2n) is 7.08. The van der Waals surface area contributed by atoms with Gasteiger partial charge in [0, 0.05) is 31.7 Å². The number of ether oxygens (including phenoxy) is 1. The van der Waals surface area contributed by atoms with E-state index in [4.69, 9.17) is 10.5 Å². The smallest absolute Gasteiger partial charge is 0.227 e. The summed E-state index contributed by atoms with van der Waals surface area (Å²) < 4.78 is 5.59. The first-order chi connectivity index (χ1) is 11.5. The van der Waals surface area contributed by atoms with Crippen molar-refractivity contribution in [3.63, 3.8) is 0 Å². The Balaban J connectivity index is 0.00000312. The molecule has 0 aromatic heterocycles. The molecular formula is C20H33ClN2O2. The van der Waals surface area contributed by atoms with E-state index in [-0.39, 0.29) is 23.7 Å². The maximum absolute atomic E-state index is 12.8. The Labute approximate surface area is 158 Å². The third-order valence-corrected chi connectivity index (χ3v) is 5.98. The predicted octanol–water partition coefficient (Wildman–Crippen LogP) is 3.35. The zero-order chi connectivity index (χ0) is 17.6. The summed E-state index contributed by atoms with van der Waals surface area (Å²) in [5, 5.41) is 3.24. The number of rotatable bonds is 7. The molecule has 0 atom stereocenters. The SMILES string of the molecule is CCC(CC)(CN)C(=O)NCC1(c2ccccc2C)CCOCC1.Cl. The van der Waals surface area contributed by atoms with Crippen LogP contribution in [-0.4, -0.2) is 32.2 Å². The summed E-state index contributed by atoms with van der Waals surface area (Å²) in [7, 11) is 0. The van der Waals surface area contributed by atoms with E-state index < -0.39 is 5.41 Å². The number of hydrogen-bond acceptors (Lipinski definition) is 3. The molecule has 1 aliphatic heterocycles. The summed E-state index contributed by atoms with van der Waals surface area (Å²) in [5.74, 6) is 0.0921. The fourth-order valence-corrected chi connectivity index (χ4v) is 3.86. The minimum atomic E-state index is -0.446. The standard InChI is InChI=1S/C20H32N2O2.ClH/c1-4-19(5-2,14-21)18(23)22-15-20(10-12-24-13-11-20)17-9-7-6-8-16(17)3;/h6-9H,4-5,10-15,21H2,1-3H3,(H,22,23);1H. The van der Waals surface area contributed by atoms with E-state index in [9.17, 15) is 4.79 Å². The number of nitrogens with two attached hydrogens (primary N) is 1. The first-order valence-corrected chi connectivity index (χ1v) is 9.16. The molecule has 1 amide bonds. The zero-order valence-electron chi connectivity index (χ0n) is 15.8. The number of halogens is 1. The highest BCUT2D eigenvalue weighted by Crippen LogP contribution is 2.36. The van der Waals surface area contributed by atoms with Gasteiger partial charge in [0.25, 0.3) is 0 Å². The monoisotopic (exact) mass is 368 g/mol. The number of aryl methyl sites for hydroxylation is 1. The number of carbonyl (C=O) groups is 1. The van der Waals surface area contributed by atoms with Gasteiger partial charge in [-0.2, -0.15) is 0 Å². The van der Waals surface area contributed by atoms with Crippen LogP contribution in [0.5, 0.6) is 0 Å². The molecule has 4 nitrogen and oxygen atoms in total. The van der Waals surface area contributed by atoms with E-state index in [2.05, 4.69) is 36.5 Å². The van der Waals surface area contributed by atoms with Gasteiger partial charge in [-0.3, -0.25) is 4.79 Å². The van der Waals surface area contributed by atoms with E-state index in [0.29, 0.717) is 13.1 Å². The normalized spacial score (nSPS) is 16.8. The van der Waals surface area contributed by atoms with Gasteiger partial charge in [0.05, 0.1) is 5.41 Å². The van der Waals surface area contributed by atoms with E-state index in [1.165, 1.54) is 11.1 Å². The topological polar surface area (TPSA) is 64.4 Å². The van der Waals surface area contributed by atoms with Crippen LogP contribution in [0.3, 0.4) is 0 Å². The van der Waals surface area contributed by atoms with Crippen molar-refractivity contribution in [2.75, 3.05) is 26.3 Å². The van der Waals surface area contributed by atoms with Crippen LogP contribution in [0.25, 0.3) is 0 Å². The third-order valence-electron chi connectivity index (χ3n) is 5.98. The van der Waals surface area contributed by atoms with Gasteiger partial charge in [0.2, 0.25) is 5.91 Å². The molecule has 25 heavy (non-hydrogen) atoms. The minimum Gasteiger partial charge on any atom is -0.381 e. The molecule has 1 aliphatic rings. The van der Waals surface area contributed by atoms with Crippen LogP contribution < -0.4 is 11.1 Å². The van der Waals surface area contributed by atoms with Gasteiger partial charge in [0.15, 0.2) is 0 Å². The van der Waals surface area contributed by atoms with Crippen molar-refractivity contribution in [2.24, 2.45) is 11.1 Å². The largest absolute Gasteiger partial charge is 0.381 e. The third kappa shape index (κ3) is 4.55. The number of hydrogen-bond donors (Lipinski definition) is 2. The van der Waals surface area contributed by atoms with Gasteiger partial charge >= 0.3 is 0 Å². The summed E-state index contributed by atoms with van der Waals surface area (Å²) in [4.78, 5) is 12.8. The fourth-order valence-electron chi connectivity index (χ4n) is 3.86. The Morgan fingerprint density at radius 1 is 1.24 bits per heavy atom. The Bertz CT molecular complexity index is 544. The lowest BCUT2D eigenvalue weighted by Crippen LogP contribution is -2.51. The zero-order valence-corrected chi connectivity index (χ0v) is 16.6. The molecule has 0 bridgehead atoms. The van der Waals surface area contributed by atoms with Crippen molar-refractivity contribution in [1.82, 2.24) is 5.32 Å².